The van der Waals surface area contributed by atoms with Gasteiger partial charge in [0.2, 0.25) is 3.79 Å². The van der Waals surface area contributed by atoms with Gasteiger partial charge >= 0.3 is 11.9 Å². The normalized spacial score (nSPS) is 11.1. The molecule has 0 saturated heterocycles. The molecule has 0 aliphatic rings. The molecule has 0 unspecified atom stereocenters. The highest BCUT2D eigenvalue weighted by Crippen LogP contribution is 2.26. The number of esters is 1. The number of hydrogen-bond acceptors (Lipinski definition) is 3. The van der Waals surface area contributed by atoms with Crippen molar-refractivity contribution in [2.24, 2.45) is 0 Å². The number of carbonyl (C=O) groups is 2. The lowest BCUT2D eigenvalue weighted by molar-refractivity contribution is -0.143. The molecule has 0 radical (unpaired) electrons. The third kappa shape index (κ3) is 9.89. The second kappa shape index (κ2) is 6.32. The first-order chi connectivity index (χ1) is 6.31. The molecule has 0 atom stereocenters. The molecule has 0 fully saturated rings. The first-order valence-corrected chi connectivity index (χ1v) is 4.89. The maximum Gasteiger partial charge on any atom is 0.305 e. The summed E-state index contributed by atoms with van der Waals surface area (Å²) in [4.78, 5) is 21.0. The highest BCUT2D eigenvalue weighted by atomic mass is 35.6. The van der Waals surface area contributed by atoms with Crippen LogP contribution in [0, 0.1) is 0 Å². The van der Waals surface area contributed by atoms with Crippen LogP contribution in [0.15, 0.2) is 0 Å². The minimum Gasteiger partial charge on any atom is -0.481 e. The summed E-state index contributed by atoms with van der Waals surface area (Å²) in [6.07, 6.45) is 0.143. The lowest BCUT2D eigenvalue weighted by Crippen LogP contribution is -2.17. The average Bonchev–Trinajstić information content (AvgIpc) is 1.99. The number of carboxylic acid groups (broad SMARTS) is 1. The summed E-state index contributed by atoms with van der Waals surface area (Å²) in [5.41, 5.74) is 0. The van der Waals surface area contributed by atoms with Gasteiger partial charge in [-0.3, -0.25) is 9.59 Å². The standard InChI is InChI=1S/C7H9Cl3O4/c8-7(9,10)4-14-6(13)3-1-2-5(11)12/h1-4H2,(H,11,12). The summed E-state index contributed by atoms with van der Waals surface area (Å²) in [6, 6.07) is 0. The van der Waals surface area contributed by atoms with Crippen molar-refractivity contribution in [3.05, 3.63) is 0 Å². The Morgan fingerprint density at radius 3 is 2.21 bits per heavy atom. The number of hydrogen-bond donors (Lipinski definition) is 1. The predicted molar refractivity (Wildman–Crippen MR) is 52.7 cm³/mol. The van der Waals surface area contributed by atoms with Crippen molar-refractivity contribution >= 4 is 46.7 Å². The van der Waals surface area contributed by atoms with Crippen LogP contribution in [0.4, 0.5) is 0 Å². The van der Waals surface area contributed by atoms with Gasteiger partial charge in [0.25, 0.3) is 0 Å². The Bertz CT molecular complexity index is 211. The lowest BCUT2D eigenvalue weighted by atomic mass is 10.2. The molecule has 0 aliphatic carbocycles. The molecule has 0 bridgehead atoms. The van der Waals surface area contributed by atoms with E-state index in [4.69, 9.17) is 39.9 Å². The number of carboxylic acids is 1. The van der Waals surface area contributed by atoms with E-state index in [0.29, 0.717) is 0 Å². The van der Waals surface area contributed by atoms with Crippen molar-refractivity contribution in [3.63, 3.8) is 0 Å². The number of aliphatic carboxylic acids is 1. The van der Waals surface area contributed by atoms with Gasteiger partial charge in [-0.05, 0) is 6.42 Å². The average molecular weight is 264 g/mol. The van der Waals surface area contributed by atoms with E-state index in [2.05, 4.69) is 4.74 Å². The molecule has 0 rings (SSSR count). The molecular formula is C7H9Cl3O4. The Morgan fingerprint density at radius 2 is 1.79 bits per heavy atom. The van der Waals surface area contributed by atoms with Gasteiger partial charge in [-0.15, -0.1) is 0 Å². The van der Waals surface area contributed by atoms with E-state index in [1.165, 1.54) is 0 Å². The Hall–Kier alpha value is -0.190. The second-order valence-electron chi connectivity index (χ2n) is 2.52. The molecule has 0 aliphatic heterocycles. The lowest BCUT2D eigenvalue weighted by Gasteiger charge is -2.10. The number of halogens is 3. The zero-order valence-electron chi connectivity index (χ0n) is 7.13. The second-order valence-corrected chi connectivity index (χ2v) is 5.04. The number of ether oxygens (including phenoxy) is 1. The summed E-state index contributed by atoms with van der Waals surface area (Å²) >= 11 is 16.0. The zero-order valence-corrected chi connectivity index (χ0v) is 9.40. The summed E-state index contributed by atoms with van der Waals surface area (Å²) in [7, 11) is 0. The highest BCUT2D eigenvalue weighted by Gasteiger charge is 2.21. The first-order valence-electron chi connectivity index (χ1n) is 3.75. The Kier molecular flexibility index (Phi) is 6.24. The molecule has 1 N–H and O–H groups in total. The van der Waals surface area contributed by atoms with Crippen molar-refractivity contribution in [2.45, 2.75) is 23.1 Å². The summed E-state index contributed by atoms with van der Waals surface area (Å²) < 4.78 is 2.94. The van der Waals surface area contributed by atoms with Crippen molar-refractivity contribution in [2.75, 3.05) is 6.61 Å². The Labute approximate surface area is 96.1 Å². The quantitative estimate of drug-likeness (QED) is 0.610. The highest BCUT2D eigenvalue weighted by molar-refractivity contribution is 6.67. The van der Waals surface area contributed by atoms with E-state index in [1.54, 1.807) is 0 Å². The molecule has 0 saturated carbocycles. The predicted octanol–water partition coefficient (Wildman–Crippen LogP) is 2.15. The van der Waals surface area contributed by atoms with Crippen LogP contribution in [0.1, 0.15) is 19.3 Å². The Balaban J connectivity index is 3.52. The van der Waals surface area contributed by atoms with Gasteiger partial charge in [-0.2, -0.15) is 0 Å². The van der Waals surface area contributed by atoms with Crippen LogP contribution in [-0.4, -0.2) is 27.4 Å². The molecule has 0 aromatic carbocycles. The maximum atomic E-state index is 10.9. The van der Waals surface area contributed by atoms with Crippen LogP contribution in [0.5, 0.6) is 0 Å². The summed E-state index contributed by atoms with van der Waals surface area (Å²) in [5.74, 6) is -1.53. The minimum atomic E-state index is -1.62. The summed E-state index contributed by atoms with van der Waals surface area (Å²) in [5, 5.41) is 8.27. The molecule has 14 heavy (non-hydrogen) atoms. The molecular weight excluding hydrogens is 254 g/mol. The fraction of sp³-hybridized carbons (Fsp3) is 0.714. The van der Waals surface area contributed by atoms with Crippen LogP contribution < -0.4 is 0 Å². The van der Waals surface area contributed by atoms with Crippen LogP contribution in [0.3, 0.4) is 0 Å². The monoisotopic (exact) mass is 262 g/mol. The number of alkyl halides is 3. The molecule has 0 aromatic rings. The van der Waals surface area contributed by atoms with Crippen LogP contribution >= 0.6 is 34.8 Å². The third-order valence-electron chi connectivity index (χ3n) is 1.17. The fourth-order valence-corrected chi connectivity index (χ4v) is 0.782. The van der Waals surface area contributed by atoms with Crippen molar-refractivity contribution in [1.29, 1.82) is 0 Å². The van der Waals surface area contributed by atoms with Gasteiger partial charge in [-0.1, -0.05) is 34.8 Å². The van der Waals surface area contributed by atoms with Crippen LogP contribution in [0.2, 0.25) is 0 Å². The third-order valence-corrected chi connectivity index (χ3v) is 1.50. The van der Waals surface area contributed by atoms with Gasteiger partial charge in [-0.25, -0.2) is 0 Å². The summed E-state index contributed by atoms with van der Waals surface area (Å²) in [6.45, 7) is -0.330. The van der Waals surface area contributed by atoms with Crippen molar-refractivity contribution < 1.29 is 19.4 Å². The molecule has 4 nitrogen and oxygen atoms in total. The SMILES string of the molecule is O=C(O)CCCC(=O)OCC(Cl)(Cl)Cl. The van der Waals surface area contributed by atoms with E-state index in [0.717, 1.165) is 0 Å². The first kappa shape index (κ1) is 13.8. The van der Waals surface area contributed by atoms with Crippen molar-refractivity contribution in [1.82, 2.24) is 0 Å². The van der Waals surface area contributed by atoms with Gasteiger partial charge in [0, 0.05) is 12.8 Å². The van der Waals surface area contributed by atoms with Crippen LogP contribution in [-0.2, 0) is 14.3 Å². The van der Waals surface area contributed by atoms with E-state index in [1.807, 2.05) is 0 Å². The largest absolute Gasteiger partial charge is 0.481 e. The Morgan fingerprint density at radius 1 is 1.21 bits per heavy atom. The van der Waals surface area contributed by atoms with E-state index < -0.39 is 15.7 Å². The van der Waals surface area contributed by atoms with Gasteiger partial charge in [0.05, 0.1) is 0 Å². The van der Waals surface area contributed by atoms with Crippen LogP contribution in [0.25, 0.3) is 0 Å². The molecule has 0 aromatic heterocycles. The number of rotatable bonds is 5. The van der Waals surface area contributed by atoms with Gasteiger partial charge in [0.15, 0.2) is 0 Å². The van der Waals surface area contributed by atoms with Gasteiger partial charge in [0.1, 0.15) is 6.61 Å². The van der Waals surface area contributed by atoms with Crippen molar-refractivity contribution in [3.8, 4) is 0 Å². The van der Waals surface area contributed by atoms with E-state index in [-0.39, 0.29) is 25.9 Å². The zero-order chi connectivity index (χ0) is 11.2. The maximum absolute atomic E-state index is 10.9. The molecule has 0 spiro atoms. The molecule has 0 heterocycles. The molecule has 0 amide bonds. The fourth-order valence-electron chi connectivity index (χ4n) is 0.618. The smallest absolute Gasteiger partial charge is 0.305 e. The molecule has 7 heteroatoms. The molecule has 82 valence electrons. The van der Waals surface area contributed by atoms with E-state index >= 15 is 0 Å². The topological polar surface area (TPSA) is 63.6 Å². The van der Waals surface area contributed by atoms with E-state index in [9.17, 15) is 9.59 Å². The van der Waals surface area contributed by atoms with Gasteiger partial charge < -0.3 is 9.84 Å². The minimum absolute atomic E-state index is 0.00699. The number of carbonyl (C=O) groups excluding carboxylic acids is 1.